The molecule has 2 N–H and O–H groups in total. The molecule has 2 rings (SSSR count). The fourth-order valence-electron chi connectivity index (χ4n) is 2.00. The van der Waals surface area contributed by atoms with E-state index in [1.54, 1.807) is 0 Å². The van der Waals surface area contributed by atoms with Gasteiger partial charge in [0.1, 0.15) is 5.75 Å². The molecule has 0 aliphatic heterocycles. The first-order valence-corrected chi connectivity index (χ1v) is 6.19. The molecule has 0 unspecified atom stereocenters. The number of rotatable bonds is 3. The Bertz CT molecular complexity index is 529. The molecule has 2 aromatic rings. The van der Waals surface area contributed by atoms with Crippen LogP contribution in [0.1, 0.15) is 19.4 Å². The van der Waals surface area contributed by atoms with E-state index >= 15 is 0 Å². The highest BCUT2D eigenvalue weighted by Gasteiger charge is 2.03. The molecule has 2 aromatic carbocycles. The van der Waals surface area contributed by atoms with Gasteiger partial charge in [-0.2, -0.15) is 0 Å². The molecule has 0 radical (unpaired) electrons. The van der Waals surface area contributed by atoms with Crippen molar-refractivity contribution < 1.29 is 4.74 Å². The molecule has 0 saturated carbocycles. The van der Waals surface area contributed by atoms with Gasteiger partial charge < -0.3 is 10.5 Å². The number of anilines is 1. The van der Waals surface area contributed by atoms with E-state index in [0.717, 1.165) is 11.4 Å². The Morgan fingerprint density at radius 1 is 1.00 bits per heavy atom. The summed E-state index contributed by atoms with van der Waals surface area (Å²) in [5.74, 6) is 0.904. The van der Waals surface area contributed by atoms with Crippen LogP contribution in [0.3, 0.4) is 0 Å². The van der Waals surface area contributed by atoms with Crippen LogP contribution < -0.4 is 10.5 Å². The number of nitrogens with two attached hydrogens (primary N) is 1. The molecular formula is C16H19NO. The molecule has 0 spiro atoms. The summed E-state index contributed by atoms with van der Waals surface area (Å²) in [4.78, 5) is 0. The largest absolute Gasteiger partial charge is 0.491 e. The molecule has 2 nitrogen and oxygen atoms in total. The molecule has 0 aliphatic rings. The van der Waals surface area contributed by atoms with Gasteiger partial charge in [0.05, 0.1) is 6.10 Å². The summed E-state index contributed by atoms with van der Waals surface area (Å²) >= 11 is 0. The summed E-state index contributed by atoms with van der Waals surface area (Å²) in [6, 6.07) is 14.2. The van der Waals surface area contributed by atoms with Crippen LogP contribution in [0.5, 0.6) is 5.75 Å². The molecule has 18 heavy (non-hydrogen) atoms. The van der Waals surface area contributed by atoms with Crippen molar-refractivity contribution in [3.8, 4) is 16.9 Å². The lowest BCUT2D eigenvalue weighted by molar-refractivity contribution is 0.242. The summed E-state index contributed by atoms with van der Waals surface area (Å²) in [6.07, 6.45) is 0.203. The van der Waals surface area contributed by atoms with Gasteiger partial charge in [-0.05, 0) is 61.7 Å². The summed E-state index contributed by atoms with van der Waals surface area (Å²) < 4.78 is 5.63. The maximum absolute atomic E-state index is 5.76. The van der Waals surface area contributed by atoms with Gasteiger partial charge in [0, 0.05) is 5.69 Å². The second kappa shape index (κ2) is 5.13. The predicted octanol–water partition coefficient (Wildman–Crippen LogP) is 4.03. The maximum Gasteiger partial charge on any atom is 0.119 e. The molecular weight excluding hydrogens is 222 g/mol. The Kier molecular flexibility index (Phi) is 3.56. The number of aryl methyl sites for hydroxylation is 1. The van der Waals surface area contributed by atoms with E-state index in [2.05, 4.69) is 25.1 Å². The van der Waals surface area contributed by atoms with Crippen LogP contribution >= 0.6 is 0 Å². The Labute approximate surface area is 108 Å². The topological polar surface area (TPSA) is 35.2 Å². The van der Waals surface area contributed by atoms with Crippen LogP contribution in [0.15, 0.2) is 42.5 Å². The summed E-state index contributed by atoms with van der Waals surface area (Å²) in [5.41, 5.74) is 10.1. The standard InChI is InChI=1S/C16H19NO/c1-11(2)18-15-7-4-13(5-8-15)16-9-6-14(17)10-12(16)3/h4-11H,17H2,1-3H3. The van der Waals surface area contributed by atoms with Crippen LogP contribution in [-0.4, -0.2) is 6.10 Å². The second-order valence-electron chi connectivity index (χ2n) is 4.77. The zero-order valence-corrected chi connectivity index (χ0v) is 11.1. The summed E-state index contributed by atoms with van der Waals surface area (Å²) in [7, 11) is 0. The van der Waals surface area contributed by atoms with Crippen LogP contribution in [0, 0.1) is 6.92 Å². The quantitative estimate of drug-likeness (QED) is 0.823. The molecule has 0 aromatic heterocycles. The van der Waals surface area contributed by atoms with Gasteiger partial charge in [-0.15, -0.1) is 0 Å². The lowest BCUT2D eigenvalue weighted by Crippen LogP contribution is -2.05. The third kappa shape index (κ3) is 2.83. The monoisotopic (exact) mass is 241 g/mol. The van der Waals surface area contributed by atoms with E-state index in [1.807, 2.05) is 38.1 Å². The Balaban J connectivity index is 2.28. The summed E-state index contributed by atoms with van der Waals surface area (Å²) in [5, 5.41) is 0. The highest BCUT2D eigenvalue weighted by molar-refractivity contribution is 5.70. The third-order valence-corrected chi connectivity index (χ3v) is 2.79. The number of hydrogen-bond donors (Lipinski definition) is 1. The van der Waals surface area contributed by atoms with E-state index in [1.165, 1.54) is 16.7 Å². The fourth-order valence-corrected chi connectivity index (χ4v) is 2.00. The number of ether oxygens (including phenoxy) is 1. The highest BCUT2D eigenvalue weighted by Crippen LogP contribution is 2.27. The summed E-state index contributed by atoms with van der Waals surface area (Å²) in [6.45, 7) is 6.13. The smallest absolute Gasteiger partial charge is 0.119 e. The second-order valence-corrected chi connectivity index (χ2v) is 4.77. The Morgan fingerprint density at radius 3 is 2.22 bits per heavy atom. The molecule has 0 amide bonds. The van der Waals surface area contributed by atoms with Gasteiger partial charge in [-0.25, -0.2) is 0 Å². The van der Waals surface area contributed by atoms with E-state index in [-0.39, 0.29) is 6.10 Å². The van der Waals surface area contributed by atoms with Gasteiger partial charge in [0.25, 0.3) is 0 Å². The van der Waals surface area contributed by atoms with Crippen molar-refractivity contribution in [1.29, 1.82) is 0 Å². The van der Waals surface area contributed by atoms with E-state index < -0.39 is 0 Å². The van der Waals surface area contributed by atoms with Crippen LogP contribution in [0.4, 0.5) is 5.69 Å². The van der Waals surface area contributed by atoms with E-state index in [0.29, 0.717) is 0 Å². The average Bonchev–Trinajstić information content (AvgIpc) is 2.30. The minimum Gasteiger partial charge on any atom is -0.491 e. The van der Waals surface area contributed by atoms with Gasteiger partial charge in [0.2, 0.25) is 0 Å². The molecule has 0 atom stereocenters. The molecule has 2 heteroatoms. The molecule has 0 aliphatic carbocycles. The van der Waals surface area contributed by atoms with E-state index in [9.17, 15) is 0 Å². The van der Waals surface area contributed by atoms with Crippen LogP contribution in [-0.2, 0) is 0 Å². The van der Waals surface area contributed by atoms with Gasteiger partial charge >= 0.3 is 0 Å². The predicted molar refractivity (Wildman–Crippen MR) is 76.8 cm³/mol. The normalized spacial score (nSPS) is 10.7. The molecule has 0 heterocycles. The minimum absolute atomic E-state index is 0.203. The SMILES string of the molecule is Cc1cc(N)ccc1-c1ccc(OC(C)C)cc1. The van der Waals surface area contributed by atoms with E-state index in [4.69, 9.17) is 10.5 Å². The third-order valence-electron chi connectivity index (χ3n) is 2.79. The zero-order valence-electron chi connectivity index (χ0n) is 11.1. The first-order chi connectivity index (χ1) is 8.56. The molecule has 94 valence electrons. The molecule has 0 saturated heterocycles. The van der Waals surface area contributed by atoms with Crippen molar-refractivity contribution in [2.45, 2.75) is 26.9 Å². The number of benzene rings is 2. The highest BCUT2D eigenvalue weighted by atomic mass is 16.5. The average molecular weight is 241 g/mol. The Morgan fingerprint density at radius 2 is 1.67 bits per heavy atom. The minimum atomic E-state index is 0.203. The van der Waals surface area contributed by atoms with Gasteiger partial charge in [0.15, 0.2) is 0 Å². The van der Waals surface area contributed by atoms with Crippen molar-refractivity contribution in [1.82, 2.24) is 0 Å². The van der Waals surface area contributed by atoms with Crippen molar-refractivity contribution >= 4 is 5.69 Å². The lowest BCUT2D eigenvalue weighted by atomic mass is 10.00. The van der Waals surface area contributed by atoms with Crippen molar-refractivity contribution in [3.05, 3.63) is 48.0 Å². The number of nitrogen functional groups attached to an aromatic ring is 1. The first-order valence-electron chi connectivity index (χ1n) is 6.19. The fraction of sp³-hybridized carbons (Fsp3) is 0.250. The molecule has 0 bridgehead atoms. The lowest BCUT2D eigenvalue weighted by Gasteiger charge is -2.11. The maximum atomic E-state index is 5.76. The van der Waals surface area contributed by atoms with Crippen molar-refractivity contribution in [3.63, 3.8) is 0 Å². The van der Waals surface area contributed by atoms with Crippen molar-refractivity contribution in [2.24, 2.45) is 0 Å². The van der Waals surface area contributed by atoms with Crippen LogP contribution in [0.25, 0.3) is 11.1 Å². The molecule has 0 fully saturated rings. The van der Waals surface area contributed by atoms with Gasteiger partial charge in [-0.1, -0.05) is 18.2 Å². The van der Waals surface area contributed by atoms with Gasteiger partial charge in [-0.3, -0.25) is 0 Å². The number of hydrogen-bond acceptors (Lipinski definition) is 2. The van der Waals surface area contributed by atoms with Crippen LogP contribution in [0.2, 0.25) is 0 Å². The van der Waals surface area contributed by atoms with Crippen molar-refractivity contribution in [2.75, 3.05) is 5.73 Å². The zero-order chi connectivity index (χ0) is 13.1. The first kappa shape index (κ1) is 12.5. The Hall–Kier alpha value is -1.96.